The van der Waals surface area contributed by atoms with Gasteiger partial charge in [-0.3, -0.25) is 9.78 Å². The highest BCUT2D eigenvalue weighted by atomic mass is 16.2. The van der Waals surface area contributed by atoms with E-state index in [1.807, 2.05) is 39.0 Å². The Balaban J connectivity index is 1.96. The number of hydrogen-bond acceptors (Lipinski definition) is 4. The lowest BCUT2D eigenvalue weighted by molar-refractivity contribution is 0.102. The van der Waals surface area contributed by atoms with Crippen LogP contribution in [0.4, 0.5) is 5.82 Å². The number of rotatable bonds is 3. The Morgan fingerprint density at radius 3 is 2.43 bits per heavy atom. The van der Waals surface area contributed by atoms with Gasteiger partial charge in [-0.2, -0.15) is 5.10 Å². The third-order valence-electron chi connectivity index (χ3n) is 3.32. The Hall–Kier alpha value is -3.02. The van der Waals surface area contributed by atoms with Crippen LogP contribution in [0.5, 0.6) is 0 Å². The van der Waals surface area contributed by atoms with Crippen LogP contribution in [0, 0.1) is 20.8 Å². The molecule has 6 heteroatoms. The molecule has 23 heavy (non-hydrogen) atoms. The normalized spacial score (nSPS) is 10.6. The second-order valence-electron chi connectivity index (χ2n) is 5.47. The number of nitrogens with zero attached hydrogens (tertiary/aromatic N) is 4. The zero-order valence-electron chi connectivity index (χ0n) is 13.2. The second-order valence-corrected chi connectivity index (χ2v) is 5.47. The number of carbonyl (C=O) groups is 1. The number of benzene rings is 1. The van der Waals surface area contributed by atoms with Gasteiger partial charge in [0.15, 0.2) is 0 Å². The summed E-state index contributed by atoms with van der Waals surface area (Å²) in [5.41, 5.74) is 4.26. The number of amides is 1. The Kier molecular flexibility index (Phi) is 3.89. The average Bonchev–Trinajstić information content (AvgIpc) is 2.88. The quantitative estimate of drug-likeness (QED) is 0.807. The van der Waals surface area contributed by atoms with Gasteiger partial charge in [0.25, 0.3) is 5.91 Å². The molecule has 3 aromatic rings. The zero-order valence-corrected chi connectivity index (χ0v) is 13.2. The summed E-state index contributed by atoms with van der Waals surface area (Å²) < 4.78 is 1.73. The zero-order chi connectivity index (χ0) is 16.4. The summed E-state index contributed by atoms with van der Waals surface area (Å²) in [5.74, 6) is 0.284. The maximum Gasteiger partial charge on any atom is 0.277 e. The van der Waals surface area contributed by atoms with Crippen LogP contribution in [0.3, 0.4) is 0 Å². The van der Waals surface area contributed by atoms with Crippen LogP contribution in [0.25, 0.3) is 5.69 Å². The van der Waals surface area contributed by atoms with E-state index >= 15 is 0 Å². The number of carbonyl (C=O) groups excluding carboxylic acids is 1. The third-order valence-corrected chi connectivity index (χ3v) is 3.32. The fourth-order valence-corrected chi connectivity index (χ4v) is 2.45. The molecule has 0 unspecified atom stereocenters. The number of nitrogens with one attached hydrogen (secondary N) is 1. The number of anilines is 1. The molecule has 0 spiro atoms. The van der Waals surface area contributed by atoms with Gasteiger partial charge in [-0.15, -0.1) is 0 Å². The number of hydrogen-bond donors (Lipinski definition) is 1. The Bertz CT molecular complexity index is 834. The first-order valence-electron chi connectivity index (χ1n) is 7.25. The first-order valence-corrected chi connectivity index (χ1v) is 7.25. The van der Waals surface area contributed by atoms with Gasteiger partial charge in [0, 0.05) is 18.5 Å². The molecule has 0 saturated carbocycles. The number of aromatic nitrogens is 4. The summed E-state index contributed by atoms with van der Waals surface area (Å²) in [7, 11) is 0. The molecule has 0 aliphatic carbocycles. The molecule has 1 aromatic carbocycles. The Morgan fingerprint density at radius 1 is 1.04 bits per heavy atom. The van der Waals surface area contributed by atoms with Crippen LogP contribution >= 0.6 is 0 Å². The minimum absolute atomic E-state index is 0.262. The van der Waals surface area contributed by atoms with Gasteiger partial charge in [-0.1, -0.05) is 6.07 Å². The van der Waals surface area contributed by atoms with Gasteiger partial charge in [0.1, 0.15) is 11.5 Å². The van der Waals surface area contributed by atoms with Crippen molar-refractivity contribution < 1.29 is 4.79 Å². The van der Waals surface area contributed by atoms with Crippen LogP contribution in [0.1, 0.15) is 27.3 Å². The molecule has 1 N–H and O–H groups in total. The van der Waals surface area contributed by atoms with Crippen molar-refractivity contribution in [1.29, 1.82) is 0 Å². The SMILES string of the molecule is Cc1cc(C)cc(-n2nc(C)cc2NC(=O)c2cnccn2)c1. The topological polar surface area (TPSA) is 72.7 Å². The predicted octanol–water partition coefficient (Wildman–Crippen LogP) is 2.84. The fraction of sp³-hybridized carbons (Fsp3) is 0.176. The van der Waals surface area contributed by atoms with Crippen molar-refractivity contribution in [2.45, 2.75) is 20.8 Å². The molecule has 0 aliphatic heterocycles. The van der Waals surface area contributed by atoms with Crippen molar-refractivity contribution in [2.75, 3.05) is 5.32 Å². The maximum absolute atomic E-state index is 12.3. The highest BCUT2D eigenvalue weighted by Crippen LogP contribution is 2.20. The van der Waals surface area contributed by atoms with E-state index < -0.39 is 0 Å². The van der Waals surface area contributed by atoms with Crippen molar-refractivity contribution in [3.63, 3.8) is 0 Å². The van der Waals surface area contributed by atoms with Crippen molar-refractivity contribution in [1.82, 2.24) is 19.7 Å². The molecule has 0 atom stereocenters. The third kappa shape index (κ3) is 3.26. The lowest BCUT2D eigenvalue weighted by Gasteiger charge is -2.10. The van der Waals surface area contributed by atoms with Crippen LogP contribution in [0.15, 0.2) is 42.9 Å². The molecule has 2 aromatic heterocycles. The molecule has 116 valence electrons. The van der Waals surface area contributed by atoms with Crippen LogP contribution in [0.2, 0.25) is 0 Å². The highest BCUT2D eigenvalue weighted by molar-refractivity contribution is 6.02. The van der Waals surface area contributed by atoms with E-state index in [-0.39, 0.29) is 11.6 Å². The van der Waals surface area contributed by atoms with Crippen molar-refractivity contribution in [3.8, 4) is 5.69 Å². The lowest BCUT2D eigenvalue weighted by atomic mass is 10.1. The maximum atomic E-state index is 12.3. The molecule has 2 heterocycles. The molecule has 0 bridgehead atoms. The summed E-state index contributed by atoms with van der Waals surface area (Å²) in [6.07, 6.45) is 4.45. The summed E-state index contributed by atoms with van der Waals surface area (Å²) in [6, 6.07) is 7.97. The monoisotopic (exact) mass is 307 g/mol. The standard InChI is InChI=1S/C17H17N5O/c1-11-6-12(2)8-14(7-11)22-16(9-13(3)21-22)20-17(23)15-10-18-4-5-19-15/h4-10H,1-3H3,(H,20,23). The van der Waals surface area contributed by atoms with Crippen molar-refractivity contribution in [3.05, 3.63) is 65.4 Å². The van der Waals surface area contributed by atoms with E-state index in [9.17, 15) is 4.79 Å². The van der Waals surface area contributed by atoms with Crippen LogP contribution < -0.4 is 5.32 Å². The summed E-state index contributed by atoms with van der Waals surface area (Å²) in [5, 5.41) is 7.32. The van der Waals surface area contributed by atoms with E-state index in [1.54, 1.807) is 4.68 Å². The molecular formula is C17H17N5O. The van der Waals surface area contributed by atoms with Crippen molar-refractivity contribution in [2.24, 2.45) is 0 Å². The Labute approximate surface area is 134 Å². The van der Waals surface area contributed by atoms with Crippen LogP contribution in [-0.4, -0.2) is 25.7 Å². The smallest absolute Gasteiger partial charge is 0.277 e. The van der Waals surface area contributed by atoms with E-state index in [0.29, 0.717) is 5.82 Å². The minimum atomic E-state index is -0.316. The molecular weight excluding hydrogens is 290 g/mol. The largest absolute Gasteiger partial charge is 0.305 e. The minimum Gasteiger partial charge on any atom is -0.305 e. The van der Waals surface area contributed by atoms with Gasteiger partial charge >= 0.3 is 0 Å². The molecule has 3 rings (SSSR count). The van der Waals surface area contributed by atoms with Gasteiger partial charge in [-0.05, 0) is 44.0 Å². The highest BCUT2D eigenvalue weighted by Gasteiger charge is 2.13. The summed E-state index contributed by atoms with van der Waals surface area (Å²) in [4.78, 5) is 20.2. The van der Waals surface area contributed by atoms with Gasteiger partial charge in [-0.25, -0.2) is 9.67 Å². The van der Waals surface area contributed by atoms with E-state index in [1.165, 1.54) is 18.6 Å². The number of aryl methyl sites for hydroxylation is 3. The van der Waals surface area contributed by atoms with Gasteiger partial charge in [0.05, 0.1) is 17.6 Å². The van der Waals surface area contributed by atoms with Crippen molar-refractivity contribution >= 4 is 11.7 Å². The molecule has 0 radical (unpaired) electrons. The molecule has 1 amide bonds. The lowest BCUT2D eigenvalue weighted by Crippen LogP contribution is -2.16. The second kappa shape index (κ2) is 6.00. The first-order chi connectivity index (χ1) is 11.0. The Morgan fingerprint density at radius 2 is 1.78 bits per heavy atom. The van der Waals surface area contributed by atoms with Crippen LogP contribution in [-0.2, 0) is 0 Å². The predicted molar refractivity (Wildman–Crippen MR) is 87.8 cm³/mol. The van der Waals surface area contributed by atoms with E-state index in [4.69, 9.17) is 0 Å². The first kappa shape index (κ1) is 14.9. The average molecular weight is 307 g/mol. The fourth-order valence-electron chi connectivity index (χ4n) is 2.45. The molecule has 6 nitrogen and oxygen atoms in total. The molecule has 0 aliphatic rings. The molecule has 0 saturated heterocycles. The van der Waals surface area contributed by atoms with E-state index in [0.717, 1.165) is 22.5 Å². The molecule has 0 fully saturated rings. The summed E-state index contributed by atoms with van der Waals surface area (Å²) >= 11 is 0. The summed E-state index contributed by atoms with van der Waals surface area (Å²) in [6.45, 7) is 5.95. The van der Waals surface area contributed by atoms with E-state index in [2.05, 4.69) is 26.4 Å². The van der Waals surface area contributed by atoms with Gasteiger partial charge < -0.3 is 5.32 Å². The van der Waals surface area contributed by atoms with Gasteiger partial charge in [0.2, 0.25) is 0 Å².